The Hall–Kier alpha value is -1.72. The SMILES string of the molecule is Cc1ccc(CC2CCCN2C(=O)c2csc(CCN)n2)cc1. The van der Waals surface area contributed by atoms with Crippen LogP contribution in [0.5, 0.6) is 0 Å². The van der Waals surface area contributed by atoms with Crippen LogP contribution < -0.4 is 5.73 Å². The Balaban J connectivity index is 1.69. The molecular formula is C18H23N3OS. The minimum absolute atomic E-state index is 0.0686. The van der Waals surface area contributed by atoms with E-state index in [1.54, 1.807) is 0 Å². The van der Waals surface area contributed by atoms with Crippen molar-refractivity contribution in [1.29, 1.82) is 0 Å². The van der Waals surface area contributed by atoms with Crippen molar-refractivity contribution in [2.24, 2.45) is 5.73 Å². The van der Waals surface area contributed by atoms with Gasteiger partial charge in [0.15, 0.2) is 0 Å². The number of thiazole rings is 1. The highest BCUT2D eigenvalue weighted by Gasteiger charge is 2.30. The first-order valence-electron chi connectivity index (χ1n) is 8.18. The van der Waals surface area contributed by atoms with Crippen LogP contribution in [-0.4, -0.2) is 34.9 Å². The van der Waals surface area contributed by atoms with Crippen molar-refractivity contribution in [1.82, 2.24) is 9.88 Å². The summed E-state index contributed by atoms with van der Waals surface area (Å²) in [6.45, 7) is 3.50. The first-order valence-corrected chi connectivity index (χ1v) is 9.06. The van der Waals surface area contributed by atoms with Crippen molar-refractivity contribution in [2.45, 2.75) is 38.6 Å². The molecule has 0 saturated carbocycles. The van der Waals surface area contributed by atoms with Gasteiger partial charge in [-0.2, -0.15) is 0 Å². The molecule has 2 N–H and O–H groups in total. The number of amides is 1. The molecular weight excluding hydrogens is 306 g/mol. The Morgan fingerprint density at radius 2 is 2.17 bits per heavy atom. The fraction of sp³-hybridized carbons (Fsp3) is 0.444. The first-order chi connectivity index (χ1) is 11.2. The van der Waals surface area contributed by atoms with Gasteiger partial charge in [0.1, 0.15) is 5.69 Å². The third-order valence-electron chi connectivity index (χ3n) is 4.36. The fourth-order valence-electron chi connectivity index (χ4n) is 3.11. The van der Waals surface area contributed by atoms with Gasteiger partial charge < -0.3 is 10.6 Å². The summed E-state index contributed by atoms with van der Waals surface area (Å²) in [5, 5.41) is 2.82. The maximum absolute atomic E-state index is 12.8. The quantitative estimate of drug-likeness (QED) is 0.917. The van der Waals surface area contributed by atoms with E-state index in [9.17, 15) is 4.79 Å². The third-order valence-corrected chi connectivity index (χ3v) is 5.27. The monoisotopic (exact) mass is 329 g/mol. The predicted molar refractivity (Wildman–Crippen MR) is 93.8 cm³/mol. The van der Waals surface area contributed by atoms with Gasteiger partial charge in [-0.25, -0.2) is 4.98 Å². The molecule has 122 valence electrons. The molecule has 4 nitrogen and oxygen atoms in total. The second kappa shape index (κ2) is 7.23. The molecule has 0 radical (unpaired) electrons. The van der Waals surface area contributed by atoms with Crippen molar-refractivity contribution in [3.8, 4) is 0 Å². The minimum Gasteiger partial charge on any atom is -0.334 e. The van der Waals surface area contributed by atoms with Gasteiger partial charge >= 0.3 is 0 Å². The Bertz CT molecular complexity index is 665. The van der Waals surface area contributed by atoms with Gasteiger partial charge in [0.25, 0.3) is 5.91 Å². The average Bonchev–Trinajstić information content (AvgIpc) is 3.19. The van der Waals surface area contributed by atoms with Crippen LogP contribution in [0.25, 0.3) is 0 Å². The highest BCUT2D eigenvalue weighted by atomic mass is 32.1. The summed E-state index contributed by atoms with van der Waals surface area (Å²) in [6.07, 6.45) is 3.80. The number of nitrogens with zero attached hydrogens (tertiary/aromatic N) is 2. The van der Waals surface area contributed by atoms with E-state index in [2.05, 4.69) is 36.2 Å². The lowest BCUT2D eigenvalue weighted by Gasteiger charge is -2.24. The zero-order valence-corrected chi connectivity index (χ0v) is 14.3. The maximum atomic E-state index is 12.8. The van der Waals surface area contributed by atoms with E-state index >= 15 is 0 Å². The van der Waals surface area contributed by atoms with Gasteiger partial charge in [-0.3, -0.25) is 4.79 Å². The summed E-state index contributed by atoms with van der Waals surface area (Å²) in [5.41, 5.74) is 8.70. The molecule has 3 rings (SSSR count). The topological polar surface area (TPSA) is 59.2 Å². The summed E-state index contributed by atoms with van der Waals surface area (Å²) < 4.78 is 0. The van der Waals surface area contributed by atoms with Crippen LogP contribution in [0.4, 0.5) is 0 Å². The number of aryl methyl sites for hydroxylation is 1. The number of rotatable bonds is 5. The van der Waals surface area contributed by atoms with E-state index in [-0.39, 0.29) is 11.9 Å². The van der Waals surface area contributed by atoms with Crippen LogP contribution in [0.3, 0.4) is 0 Å². The third kappa shape index (κ3) is 3.79. The smallest absolute Gasteiger partial charge is 0.273 e. The van der Waals surface area contributed by atoms with Crippen LogP contribution in [0.2, 0.25) is 0 Å². The molecule has 1 unspecified atom stereocenters. The second-order valence-electron chi connectivity index (χ2n) is 6.15. The summed E-state index contributed by atoms with van der Waals surface area (Å²) >= 11 is 1.53. The highest BCUT2D eigenvalue weighted by molar-refractivity contribution is 7.09. The number of aromatic nitrogens is 1. The van der Waals surface area contributed by atoms with Gasteiger partial charge in [0, 0.05) is 24.4 Å². The van der Waals surface area contributed by atoms with E-state index in [0.717, 1.165) is 37.2 Å². The lowest BCUT2D eigenvalue weighted by Crippen LogP contribution is -2.37. The number of nitrogens with two attached hydrogens (primary N) is 1. The highest BCUT2D eigenvalue weighted by Crippen LogP contribution is 2.24. The largest absolute Gasteiger partial charge is 0.334 e. The van der Waals surface area contributed by atoms with Crippen molar-refractivity contribution >= 4 is 17.2 Å². The van der Waals surface area contributed by atoms with Crippen molar-refractivity contribution in [3.63, 3.8) is 0 Å². The van der Waals surface area contributed by atoms with E-state index < -0.39 is 0 Å². The normalized spacial score (nSPS) is 17.7. The number of likely N-dealkylation sites (tertiary alicyclic amines) is 1. The minimum atomic E-state index is 0.0686. The van der Waals surface area contributed by atoms with E-state index in [4.69, 9.17) is 5.73 Å². The van der Waals surface area contributed by atoms with Crippen LogP contribution in [0.1, 0.15) is 39.5 Å². The van der Waals surface area contributed by atoms with Gasteiger partial charge in [-0.15, -0.1) is 11.3 Å². The fourth-order valence-corrected chi connectivity index (χ4v) is 3.89. The second-order valence-corrected chi connectivity index (χ2v) is 7.09. The van der Waals surface area contributed by atoms with Gasteiger partial charge in [0.05, 0.1) is 5.01 Å². The first kappa shape index (κ1) is 16.1. The Kier molecular flexibility index (Phi) is 5.08. The van der Waals surface area contributed by atoms with Crippen molar-refractivity contribution in [2.75, 3.05) is 13.1 Å². The summed E-state index contributed by atoms with van der Waals surface area (Å²) in [5.74, 6) is 0.0686. The number of hydrogen-bond donors (Lipinski definition) is 1. The average molecular weight is 329 g/mol. The van der Waals surface area contributed by atoms with Gasteiger partial charge in [-0.05, 0) is 38.3 Å². The Morgan fingerprint density at radius 1 is 1.39 bits per heavy atom. The zero-order chi connectivity index (χ0) is 16.2. The van der Waals surface area contributed by atoms with E-state index in [0.29, 0.717) is 12.2 Å². The molecule has 0 spiro atoms. The van der Waals surface area contributed by atoms with Crippen molar-refractivity contribution < 1.29 is 4.79 Å². The molecule has 1 aliphatic rings. The standard InChI is InChI=1S/C18H23N3OS/c1-13-4-6-14(7-5-13)11-15-3-2-10-21(15)18(22)16-12-23-17(20-16)8-9-19/h4-7,12,15H,2-3,8-11,19H2,1H3. The molecule has 23 heavy (non-hydrogen) atoms. The van der Waals surface area contributed by atoms with E-state index in [1.165, 1.54) is 22.5 Å². The molecule has 1 aliphatic heterocycles. The van der Waals surface area contributed by atoms with Crippen LogP contribution >= 0.6 is 11.3 Å². The number of benzene rings is 1. The molecule has 1 saturated heterocycles. The molecule has 1 aromatic heterocycles. The molecule has 2 aromatic rings. The molecule has 1 atom stereocenters. The van der Waals surface area contributed by atoms with Gasteiger partial charge in [0.2, 0.25) is 0 Å². The van der Waals surface area contributed by atoms with Gasteiger partial charge in [-0.1, -0.05) is 29.8 Å². The van der Waals surface area contributed by atoms with Crippen LogP contribution in [-0.2, 0) is 12.8 Å². The Morgan fingerprint density at radius 3 is 2.91 bits per heavy atom. The summed E-state index contributed by atoms with van der Waals surface area (Å²) in [4.78, 5) is 19.2. The lowest BCUT2D eigenvalue weighted by molar-refractivity contribution is 0.0731. The predicted octanol–water partition coefficient (Wildman–Crippen LogP) is 2.80. The van der Waals surface area contributed by atoms with E-state index in [1.807, 2.05) is 10.3 Å². The molecule has 0 aliphatic carbocycles. The number of carbonyl (C=O) groups excluding carboxylic acids is 1. The molecule has 1 fully saturated rings. The molecule has 2 heterocycles. The van der Waals surface area contributed by atoms with Crippen LogP contribution in [0, 0.1) is 6.92 Å². The number of hydrogen-bond acceptors (Lipinski definition) is 4. The zero-order valence-electron chi connectivity index (χ0n) is 13.5. The maximum Gasteiger partial charge on any atom is 0.273 e. The molecule has 1 amide bonds. The van der Waals surface area contributed by atoms with Crippen LogP contribution in [0.15, 0.2) is 29.6 Å². The Labute approximate surface area is 141 Å². The molecule has 1 aromatic carbocycles. The molecule has 0 bridgehead atoms. The molecule has 5 heteroatoms. The summed E-state index contributed by atoms with van der Waals surface area (Å²) in [6, 6.07) is 8.88. The van der Waals surface area contributed by atoms with Crippen molar-refractivity contribution in [3.05, 3.63) is 51.5 Å². The lowest BCUT2D eigenvalue weighted by atomic mass is 10.0. The number of carbonyl (C=O) groups is 1. The summed E-state index contributed by atoms with van der Waals surface area (Å²) in [7, 11) is 0.